The van der Waals surface area contributed by atoms with Crippen LogP contribution >= 0.6 is 0 Å². The third-order valence-electron chi connectivity index (χ3n) is 3.50. The minimum atomic E-state index is -0.101. The molecule has 1 rings (SSSR count). The molecule has 3 heteroatoms. The zero-order chi connectivity index (χ0) is 13.9. The number of hydrogen-bond donors (Lipinski definition) is 1. The standard InChI is InChI=1S/C15H26N2O/c1-11(2)18-13-9-7-8-12(10-13)14(16)15(3,4)17(5)6/h7-11,14H,16H2,1-6H3. The Morgan fingerprint density at radius 1 is 1.22 bits per heavy atom. The summed E-state index contributed by atoms with van der Waals surface area (Å²) in [6, 6.07) is 8.01. The van der Waals surface area contributed by atoms with Crippen LogP contribution in [0.25, 0.3) is 0 Å². The molecule has 0 saturated heterocycles. The molecule has 18 heavy (non-hydrogen) atoms. The molecular formula is C15H26N2O. The Kier molecular flexibility index (Phi) is 4.77. The van der Waals surface area contributed by atoms with Crippen LogP contribution in [0.1, 0.15) is 39.3 Å². The third kappa shape index (κ3) is 3.47. The third-order valence-corrected chi connectivity index (χ3v) is 3.50. The first-order valence-corrected chi connectivity index (χ1v) is 6.44. The molecule has 0 aromatic heterocycles. The number of nitrogens with zero attached hydrogens (tertiary/aromatic N) is 1. The summed E-state index contributed by atoms with van der Waals surface area (Å²) in [4.78, 5) is 2.15. The summed E-state index contributed by atoms with van der Waals surface area (Å²) in [5.74, 6) is 0.882. The number of hydrogen-bond acceptors (Lipinski definition) is 3. The van der Waals surface area contributed by atoms with Gasteiger partial charge in [-0.15, -0.1) is 0 Å². The highest BCUT2D eigenvalue weighted by atomic mass is 16.5. The smallest absolute Gasteiger partial charge is 0.120 e. The summed E-state index contributed by atoms with van der Waals surface area (Å²) in [6.07, 6.45) is 0.179. The molecule has 0 fully saturated rings. The number of benzene rings is 1. The summed E-state index contributed by atoms with van der Waals surface area (Å²) in [7, 11) is 4.10. The monoisotopic (exact) mass is 250 g/mol. The van der Waals surface area contributed by atoms with Crippen molar-refractivity contribution in [2.24, 2.45) is 5.73 Å². The van der Waals surface area contributed by atoms with Gasteiger partial charge >= 0.3 is 0 Å². The van der Waals surface area contributed by atoms with Gasteiger partial charge in [-0.3, -0.25) is 0 Å². The Balaban J connectivity index is 2.96. The van der Waals surface area contributed by atoms with Crippen molar-refractivity contribution in [2.75, 3.05) is 14.1 Å². The van der Waals surface area contributed by atoms with E-state index in [1.807, 2.05) is 46.1 Å². The Hall–Kier alpha value is -1.06. The van der Waals surface area contributed by atoms with E-state index >= 15 is 0 Å². The van der Waals surface area contributed by atoms with Crippen molar-refractivity contribution in [1.82, 2.24) is 4.90 Å². The van der Waals surface area contributed by atoms with Crippen LogP contribution in [-0.2, 0) is 0 Å². The molecule has 0 aliphatic carbocycles. The number of nitrogens with two attached hydrogens (primary N) is 1. The molecule has 3 nitrogen and oxygen atoms in total. The predicted octanol–water partition coefficient (Wildman–Crippen LogP) is 2.81. The van der Waals surface area contributed by atoms with Gasteiger partial charge < -0.3 is 15.4 Å². The van der Waals surface area contributed by atoms with Crippen molar-refractivity contribution < 1.29 is 4.74 Å². The second-order valence-electron chi connectivity index (χ2n) is 5.76. The van der Waals surface area contributed by atoms with Crippen molar-refractivity contribution >= 4 is 0 Å². The Labute approximate surface area is 111 Å². The SMILES string of the molecule is CC(C)Oc1cccc(C(N)C(C)(C)N(C)C)c1. The molecule has 0 bridgehead atoms. The van der Waals surface area contributed by atoms with Gasteiger partial charge in [0.15, 0.2) is 0 Å². The molecule has 0 radical (unpaired) electrons. The maximum atomic E-state index is 6.38. The maximum absolute atomic E-state index is 6.38. The van der Waals surface area contributed by atoms with Crippen molar-refractivity contribution in [1.29, 1.82) is 0 Å². The van der Waals surface area contributed by atoms with Crippen LogP contribution in [0.3, 0.4) is 0 Å². The summed E-state index contributed by atoms with van der Waals surface area (Å²) in [6.45, 7) is 8.34. The molecule has 0 heterocycles. The molecule has 1 atom stereocenters. The molecule has 0 aliphatic heterocycles. The average Bonchev–Trinajstić information content (AvgIpc) is 2.27. The normalized spacial score (nSPS) is 14.1. The molecule has 1 unspecified atom stereocenters. The predicted molar refractivity (Wildman–Crippen MR) is 76.9 cm³/mol. The molecule has 0 aliphatic rings. The van der Waals surface area contributed by atoms with Gasteiger partial charge in [-0.05, 0) is 59.5 Å². The van der Waals surface area contributed by atoms with Gasteiger partial charge in [-0.2, -0.15) is 0 Å². The van der Waals surface area contributed by atoms with E-state index in [2.05, 4.69) is 24.8 Å². The van der Waals surface area contributed by atoms with Gasteiger partial charge in [0.1, 0.15) is 5.75 Å². The Bertz CT molecular complexity index is 386. The highest BCUT2D eigenvalue weighted by Gasteiger charge is 2.29. The number of likely N-dealkylation sites (N-methyl/N-ethyl adjacent to an activating group) is 1. The van der Waals surface area contributed by atoms with E-state index < -0.39 is 0 Å². The van der Waals surface area contributed by atoms with Gasteiger partial charge in [-0.25, -0.2) is 0 Å². The van der Waals surface area contributed by atoms with E-state index in [0.717, 1.165) is 11.3 Å². The van der Waals surface area contributed by atoms with E-state index in [9.17, 15) is 0 Å². The quantitative estimate of drug-likeness (QED) is 0.873. The van der Waals surface area contributed by atoms with Gasteiger partial charge in [0.05, 0.1) is 6.10 Å². The Morgan fingerprint density at radius 2 is 1.83 bits per heavy atom. The van der Waals surface area contributed by atoms with Crippen LogP contribution in [0.5, 0.6) is 5.75 Å². The second kappa shape index (κ2) is 5.72. The maximum Gasteiger partial charge on any atom is 0.120 e. The first-order valence-electron chi connectivity index (χ1n) is 6.44. The first kappa shape index (κ1) is 15.0. The summed E-state index contributed by atoms with van der Waals surface area (Å²) in [5.41, 5.74) is 7.38. The van der Waals surface area contributed by atoms with Crippen LogP contribution in [0.4, 0.5) is 0 Å². The fraction of sp³-hybridized carbons (Fsp3) is 0.600. The lowest BCUT2D eigenvalue weighted by molar-refractivity contribution is 0.158. The summed E-state index contributed by atoms with van der Waals surface area (Å²) >= 11 is 0. The molecule has 0 spiro atoms. The van der Waals surface area contributed by atoms with E-state index in [-0.39, 0.29) is 17.7 Å². The highest BCUT2D eigenvalue weighted by Crippen LogP contribution is 2.29. The lowest BCUT2D eigenvalue weighted by Gasteiger charge is -2.38. The van der Waals surface area contributed by atoms with Crippen LogP contribution in [0.15, 0.2) is 24.3 Å². The molecule has 0 amide bonds. The number of ether oxygens (including phenoxy) is 1. The largest absolute Gasteiger partial charge is 0.491 e. The lowest BCUT2D eigenvalue weighted by atomic mass is 9.88. The highest BCUT2D eigenvalue weighted by molar-refractivity contribution is 5.32. The topological polar surface area (TPSA) is 38.5 Å². The zero-order valence-electron chi connectivity index (χ0n) is 12.4. The van der Waals surface area contributed by atoms with E-state index in [1.54, 1.807) is 0 Å². The van der Waals surface area contributed by atoms with Crippen LogP contribution in [-0.4, -0.2) is 30.6 Å². The minimum absolute atomic E-state index is 0.0526. The van der Waals surface area contributed by atoms with Gasteiger partial charge in [0.2, 0.25) is 0 Å². The fourth-order valence-electron chi connectivity index (χ4n) is 1.74. The summed E-state index contributed by atoms with van der Waals surface area (Å²) in [5, 5.41) is 0. The van der Waals surface area contributed by atoms with Gasteiger partial charge in [0, 0.05) is 11.6 Å². The van der Waals surface area contributed by atoms with E-state index in [0.29, 0.717) is 0 Å². The number of rotatable bonds is 5. The van der Waals surface area contributed by atoms with Crippen LogP contribution in [0.2, 0.25) is 0 Å². The summed E-state index contributed by atoms with van der Waals surface area (Å²) < 4.78 is 5.71. The molecular weight excluding hydrogens is 224 g/mol. The minimum Gasteiger partial charge on any atom is -0.491 e. The molecule has 2 N–H and O–H groups in total. The molecule has 0 saturated carbocycles. The second-order valence-corrected chi connectivity index (χ2v) is 5.76. The fourth-order valence-corrected chi connectivity index (χ4v) is 1.74. The van der Waals surface area contributed by atoms with Crippen LogP contribution < -0.4 is 10.5 Å². The van der Waals surface area contributed by atoms with Crippen LogP contribution in [0, 0.1) is 0 Å². The molecule has 1 aromatic rings. The lowest BCUT2D eigenvalue weighted by Crippen LogP contribution is -2.47. The van der Waals surface area contributed by atoms with Crippen molar-refractivity contribution in [3.05, 3.63) is 29.8 Å². The van der Waals surface area contributed by atoms with Gasteiger partial charge in [-0.1, -0.05) is 12.1 Å². The first-order chi connectivity index (χ1) is 8.25. The van der Waals surface area contributed by atoms with Crippen molar-refractivity contribution in [2.45, 2.75) is 45.4 Å². The molecule has 1 aromatic carbocycles. The zero-order valence-corrected chi connectivity index (χ0v) is 12.4. The molecule has 102 valence electrons. The van der Waals surface area contributed by atoms with Crippen molar-refractivity contribution in [3.8, 4) is 5.75 Å². The van der Waals surface area contributed by atoms with E-state index in [4.69, 9.17) is 10.5 Å². The Morgan fingerprint density at radius 3 is 2.33 bits per heavy atom. The average molecular weight is 250 g/mol. The van der Waals surface area contributed by atoms with Crippen molar-refractivity contribution in [3.63, 3.8) is 0 Å². The van der Waals surface area contributed by atoms with E-state index in [1.165, 1.54) is 0 Å². The van der Waals surface area contributed by atoms with Gasteiger partial charge in [0.25, 0.3) is 0 Å².